The monoisotopic (exact) mass is 443 g/mol. The summed E-state index contributed by atoms with van der Waals surface area (Å²) in [5.41, 5.74) is 7.11. The predicted molar refractivity (Wildman–Crippen MR) is 115 cm³/mol. The second-order valence-corrected chi connectivity index (χ2v) is 7.98. The molecule has 0 unspecified atom stereocenters. The molecule has 0 fully saturated rings. The minimum atomic E-state index is -1.19. The van der Waals surface area contributed by atoms with Crippen LogP contribution in [0.4, 0.5) is 11.5 Å². The largest absolute Gasteiger partial charge is 0.478 e. The topological polar surface area (TPSA) is 153 Å². The van der Waals surface area contributed by atoms with Gasteiger partial charge in [-0.15, -0.1) is 11.8 Å². The number of pyridine rings is 1. The molecule has 30 heavy (non-hydrogen) atoms. The van der Waals surface area contributed by atoms with E-state index in [1.54, 1.807) is 0 Å². The number of carbonyl (C=O) groups is 2. The average Bonchev–Trinajstić information content (AvgIpc) is 2.68. The Bertz CT molecular complexity index is 1090. The Balaban J connectivity index is 2.11. The second-order valence-electron chi connectivity index (χ2n) is 6.49. The first kappa shape index (κ1) is 23.0. The van der Waals surface area contributed by atoms with Gasteiger partial charge in [-0.25, -0.2) is 9.78 Å². The van der Waals surface area contributed by atoms with Crippen molar-refractivity contribution in [3.8, 4) is 12.1 Å². The van der Waals surface area contributed by atoms with E-state index in [0.29, 0.717) is 22.0 Å². The molecule has 0 bridgehead atoms. The molecular weight excluding hydrogens is 426 g/mol. The standard InChI is InChI=1S/C20H18ClN5O3S/c1-10(2)17-13(8-22)18(24)26-19(14(17)9-23)30-6-5-16(27)25-11-3-4-15(21)12(7-11)20(28)29/h3-4,7,10H,5-6H2,1-2H3,(H2,24,26)(H,25,27)(H,28,29). The van der Waals surface area contributed by atoms with Gasteiger partial charge in [-0.2, -0.15) is 10.5 Å². The van der Waals surface area contributed by atoms with Crippen LogP contribution < -0.4 is 11.1 Å². The number of rotatable bonds is 7. The van der Waals surface area contributed by atoms with Gasteiger partial charge in [0.1, 0.15) is 23.0 Å². The third-order valence-electron chi connectivity index (χ3n) is 4.08. The number of halogens is 1. The number of carboxylic acids is 1. The summed E-state index contributed by atoms with van der Waals surface area (Å²) >= 11 is 7.00. The number of nitrogens with one attached hydrogen (secondary N) is 1. The number of nitrogens with zero attached hydrogens (tertiary/aromatic N) is 3. The molecule has 0 aliphatic rings. The van der Waals surface area contributed by atoms with E-state index in [1.165, 1.54) is 30.0 Å². The molecule has 1 aromatic heterocycles. The molecule has 1 amide bonds. The number of aromatic carboxylic acids is 1. The maximum atomic E-state index is 12.2. The Labute approximate surface area is 182 Å². The van der Waals surface area contributed by atoms with Crippen molar-refractivity contribution in [1.29, 1.82) is 10.5 Å². The number of carboxylic acid groups (broad SMARTS) is 1. The quantitative estimate of drug-likeness (QED) is 0.542. The number of amides is 1. The first-order chi connectivity index (χ1) is 14.2. The van der Waals surface area contributed by atoms with Gasteiger partial charge < -0.3 is 16.2 Å². The molecule has 10 heteroatoms. The summed E-state index contributed by atoms with van der Waals surface area (Å²) in [6.07, 6.45) is 0.0825. The Morgan fingerprint density at radius 1 is 1.30 bits per heavy atom. The highest BCUT2D eigenvalue weighted by Gasteiger charge is 2.21. The normalized spacial score (nSPS) is 10.3. The van der Waals surface area contributed by atoms with Crippen molar-refractivity contribution in [2.75, 3.05) is 16.8 Å². The molecular formula is C20H18ClN5O3S. The summed E-state index contributed by atoms with van der Waals surface area (Å²) in [6.45, 7) is 3.71. The third kappa shape index (κ3) is 5.20. The number of carbonyl (C=O) groups excluding carboxylic acids is 1. The summed E-state index contributed by atoms with van der Waals surface area (Å²) in [5.74, 6) is -1.29. The minimum Gasteiger partial charge on any atom is -0.478 e. The maximum Gasteiger partial charge on any atom is 0.337 e. The highest BCUT2D eigenvalue weighted by atomic mass is 35.5. The highest BCUT2D eigenvalue weighted by Crippen LogP contribution is 2.33. The fourth-order valence-electron chi connectivity index (χ4n) is 2.74. The van der Waals surface area contributed by atoms with E-state index >= 15 is 0 Å². The van der Waals surface area contributed by atoms with Crippen LogP contribution in [-0.2, 0) is 4.79 Å². The summed E-state index contributed by atoms with van der Waals surface area (Å²) in [4.78, 5) is 27.5. The summed E-state index contributed by atoms with van der Waals surface area (Å²) in [7, 11) is 0. The van der Waals surface area contributed by atoms with Crippen LogP contribution in [-0.4, -0.2) is 27.7 Å². The zero-order valence-electron chi connectivity index (χ0n) is 16.2. The molecule has 0 radical (unpaired) electrons. The van der Waals surface area contributed by atoms with Gasteiger partial charge >= 0.3 is 5.97 Å². The number of hydrogen-bond donors (Lipinski definition) is 3. The minimum absolute atomic E-state index is 0.0505. The lowest BCUT2D eigenvalue weighted by Gasteiger charge is -2.15. The van der Waals surface area contributed by atoms with E-state index in [1.807, 2.05) is 19.9 Å². The Hall–Kier alpha value is -3.27. The number of nitrogens with two attached hydrogens (primary N) is 1. The van der Waals surface area contributed by atoms with Gasteiger partial charge in [0.25, 0.3) is 0 Å². The smallest absolute Gasteiger partial charge is 0.337 e. The molecule has 4 N–H and O–H groups in total. The average molecular weight is 444 g/mol. The zero-order chi connectivity index (χ0) is 22.4. The SMILES string of the molecule is CC(C)c1c(C#N)c(N)nc(SCCC(=O)Nc2ccc(Cl)c(C(=O)O)c2)c1C#N. The molecule has 1 aromatic carbocycles. The zero-order valence-corrected chi connectivity index (χ0v) is 17.8. The summed E-state index contributed by atoms with van der Waals surface area (Å²) in [5, 5.41) is 31.0. The van der Waals surface area contributed by atoms with E-state index in [2.05, 4.69) is 16.4 Å². The van der Waals surface area contributed by atoms with Crippen LogP contribution in [0.5, 0.6) is 0 Å². The van der Waals surface area contributed by atoms with Crippen LogP contribution in [0, 0.1) is 22.7 Å². The number of aromatic nitrogens is 1. The van der Waals surface area contributed by atoms with E-state index in [9.17, 15) is 20.1 Å². The van der Waals surface area contributed by atoms with Gasteiger partial charge in [0.05, 0.1) is 21.7 Å². The highest BCUT2D eigenvalue weighted by molar-refractivity contribution is 7.99. The van der Waals surface area contributed by atoms with E-state index < -0.39 is 5.97 Å². The fourth-order valence-corrected chi connectivity index (χ4v) is 3.88. The van der Waals surface area contributed by atoms with Crippen molar-refractivity contribution in [3.05, 3.63) is 45.5 Å². The van der Waals surface area contributed by atoms with Gasteiger partial charge in [0.2, 0.25) is 5.91 Å². The Morgan fingerprint density at radius 3 is 2.53 bits per heavy atom. The van der Waals surface area contributed by atoms with Crippen molar-refractivity contribution in [1.82, 2.24) is 4.98 Å². The van der Waals surface area contributed by atoms with Crippen molar-refractivity contribution >= 4 is 46.7 Å². The number of anilines is 2. The van der Waals surface area contributed by atoms with Crippen molar-refractivity contribution in [2.24, 2.45) is 0 Å². The molecule has 0 atom stereocenters. The van der Waals surface area contributed by atoms with Crippen LogP contribution >= 0.6 is 23.4 Å². The fraction of sp³-hybridized carbons (Fsp3) is 0.250. The lowest BCUT2D eigenvalue weighted by Crippen LogP contribution is -2.13. The van der Waals surface area contributed by atoms with Crippen molar-refractivity contribution < 1.29 is 14.7 Å². The lowest BCUT2D eigenvalue weighted by atomic mass is 9.94. The van der Waals surface area contributed by atoms with E-state index in [-0.39, 0.29) is 45.8 Å². The first-order valence-corrected chi connectivity index (χ1v) is 10.1. The van der Waals surface area contributed by atoms with Crippen LogP contribution in [0.1, 0.15) is 53.2 Å². The molecule has 0 saturated heterocycles. The van der Waals surface area contributed by atoms with E-state index in [0.717, 1.165) is 0 Å². The molecule has 0 aliphatic carbocycles. The second kappa shape index (κ2) is 9.97. The first-order valence-electron chi connectivity index (χ1n) is 8.78. The van der Waals surface area contributed by atoms with E-state index in [4.69, 9.17) is 22.4 Å². The molecule has 154 valence electrons. The molecule has 0 saturated carbocycles. The number of nitriles is 2. The van der Waals surface area contributed by atoms with Gasteiger partial charge in [-0.3, -0.25) is 4.79 Å². The number of hydrogen-bond acceptors (Lipinski definition) is 7. The van der Waals surface area contributed by atoms with Crippen LogP contribution in [0.2, 0.25) is 5.02 Å². The Morgan fingerprint density at radius 2 is 1.97 bits per heavy atom. The molecule has 0 spiro atoms. The summed E-state index contributed by atoms with van der Waals surface area (Å²) in [6, 6.07) is 8.27. The lowest BCUT2D eigenvalue weighted by molar-refractivity contribution is -0.115. The number of benzene rings is 1. The van der Waals surface area contributed by atoms with Gasteiger partial charge in [-0.05, 0) is 29.7 Å². The summed E-state index contributed by atoms with van der Waals surface area (Å²) < 4.78 is 0. The molecule has 0 aliphatic heterocycles. The van der Waals surface area contributed by atoms with Gasteiger partial charge in [0, 0.05) is 17.9 Å². The number of nitrogen functional groups attached to an aromatic ring is 1. The third-order valence-corrected chi connectivity index (χ3v) is 5.39. The molecule has 2 rings (SSSR count). The molecule has 1 heterocycles. The van der Waals surface area contributed by atoms with Crippen LogP contribution in [0.25, 0.3) is 0 Å². The number of thioether (sulfide) groups is 1. The molecule has 2 aromatic rings. The Kier molecular flexibility index (Phi) is 7.65. The van der Waals surface area contributed by atoms with Crippen LogP contribution in [0.3, 0.4) is 0 Å². The molecule has 8 nitrogen and oxygen atoms in total. The van der Waals surface area contributed by atoms with Crippen LogP contribution in [0.15, 0.2) is 23.2 Å². The van der Waals surface area contributed by atoms with Crippen molar-refractivity contribution in [2.45, 2.75) is 31.2 Å². The maximum absolute atomic E-state index is 12.2. The van der Waals surface area contributed by atoms with Crippen molar-refractivity contribution in [3.63, 3.8) is 0 Å². The van der Waals surface area contributed by atoms with Gasteiger partial charge in [0.15, 0.2) is 0 Å². The predicted octanol–water partition coefficient (Wildman–Crippen LogP) is 4.00. The van der Waals surface area contributed by atoms with Gasteiger partial charge in [-0.1, -0.05) is 25.4 Å².